The summed E-state index contributed by atoms with van der Waals surface area (Å²) in [6, 6.07) is 0. The summed E-state index contributed by atoms with van der Waals surface area (Å²) in [6.45, 7) is 12.2. The van der Waals surface area contributed by atoms with Gasteiger partial charge in [-0.05, 0) is 33.3 Å². The van der Waals surface area contributed by atoms with Crippen molar-refractivity contribution in [2.75, 3.05) is 33.2 Å². The molecule has 124 valence electrons. The second kappa shape index (κ2) is 8.22. The molecule has 1 amide bonds. The molecule has 1 heterocycles. The molecule has 1 saturated heterocycles. The molecule has 0 aliphatic carbocycles. The van der Waals surface area contributed by atoms with Crippen molar-refractivity contribution in [3.05, 3.63) is 23.4 Å². The monoisotopic (exact) mass is 327 g/mol. The van der Waals surface area contributed by atoms with Crippen LogP contribution >= 0.6 is 11.6 Å². The molecular weight excluding hydrogens is 302 g/mol. The second-order valence-corrected chi connectivity index (χ2v) is 6.54. The van der Waals surface area contributed by atoms with Crippen molar-refractivity contribution in [1.82, 2.24) is 9.80 Å². The number of hydrogen-bond donors (Lipinski definition) is 0. The Labute approximate surface area is 138 Å². The highest BCUT2D eigenvalue weighted by Crippen LogP contribution is 2.18. The standard InChI is InChI=1S/C16H26ClN3O2/c1-6-14(13(17)12-18-5)19-8-7-9-20(11-10-19)15(21)22-16(2,3)4/h6,12H,1,7-11H2,2-5H3/b14-13-,18-12-. The molecule has 0 saturated carbocycles. The van der Waals surface area contributed by atoms with Crippen LogP contribution in [0.25, 0.3) is 0 Å². The van der Waals surface area contributed by atoms with Crippen molar-refractivity contribution in [2.24, 2.45) is 4.99 Å². The van der Waals surface area contributed by atoms with Gasteiger partial charge in [0.2, 0.25) is 0 Å². The molecular formula is C16H26ClN3O2. The van der Waals surface area contributed by atoms with Gasteiger partial charge in [-0.1, -0.05) is 18.2 Å². The lowest BCUT2D eigenvalue weighted by Crippen LogP contribution is -2.39. The number of amides is 1. The van der Waals surface area contributed by atoms with E-state index >= 15 is 0 Å². The summed E-state index contributed by atoms with van der Waals surface area (Å²) in [5, 5.41) is 0.559. The molecule has 6 heteroatoms. The summed E-state index contributed by atoms with van der Waals surface area (Å²) in [7, 11) is 1.68. The molecule has 1 fully saturated rings. The van der Waals surface area contributed by atoms with Gasteiger partial charge in [0, 0.05) is 39.4 Å². The van der Waals surface area contributed by atoms with E-state index in [0.717, 1.165) is 18.7 Å². The van der Waals surface area contributed by atoms with E-state index < -0.39 is 5.60 Å². The van der Waals surface area contributed by atoms with Crippen LogP contribution in [0.4, 0.5) is 4.79 Å². The fourth-order valence-electron chi connectivity index (χ4n) is 2.22. The van der Waals surface area contributed by atoms with E-state index in [2.05, 4.69) is 16.5 Å². The molecule has 0 aromatic rings. The average Bonchev–Trinajstić information content (AvgIpc) is 2.64. The van der Waals surface area contributed by atoms with E-state index in [0.29, 0.717) is 24.7 Å². The molecule has 0 aromatic heterocycles. The number of halogens is 1. The maximum Gasteiger partial charge on any atom is 0.410 e. The molecule has 0 N–H and O–H groups in total. The number of carbonyl (C=O) groups is 1. The molecule has 0 radical (unpaired) electrons. The molecule has 0 aromatic carbocycles. The van der Waals surface area contributed by atoms with E-state index in [1.165, 1.54) is 0 Å². The summed E-state index contributed by atoms with van der Waals surface area (Å²) >= 11 is 6.23. The van der Waals surface area contributed by atoms with Crippen LogP contribution < -0.4 is 0 Å². The maximum atomic E-state index is 12.2. The highest BCUT2D eigenvalue weighted by atomic mass is 35.5. The second-order valence-electron chi connectivity index (χ2n) is 6.13. The number of carbonyl (C=O) groups excluding carboxylic acids is 1. The van der Waals surface area contributed by atoms with Gasteiger partial charge >= 0.3 is 6.09 Å². The van der Waals surface area contributed by atoms with Gasteiger partial charge in [-0.2, -0.15) is 0 Å². The summed E-state index contributed by atoms with van der Waals surface area (Å²) in [5.74, 6) is 0. The lowest BCUT2D eigenvalue weighted by Gasteiger charge is -2.27. The molecule has 1 aliphatic rings. The first kappa shape index (κ1) is 18.6. The first-order valence-electron chi connectivity index (χ1n) is 7.45. The third-order valence-electron chi connectivity index (χ3n) is 3.17. The van der Waals surface area contributed by atoms with Gasteiger partial charge in [-0.25, -0.2) is 4.79 Å². The normalized spacial score (nSPS) is 18.0. The van der Waals surface area contributed by atoms with Gasteiger partial charge in [0.25, 0.3) is 0 Å². The largest absolute Gasteiger partial charge is 0.444 e. The molecule has 0 bridgehead atoms. The smallest absolute Gasteiger partial charge is 0.410 e. The molecule has 0 atom stereocenters. The SMILES string of the molecule is C=C/C(=C(Cl)\C=N/C)N1CCCN(C(=O)OC(C)(C)C)CC1. The molecule has 0 spiro atoms. The highest BCUT2D eigenvalue weighted by molar-refractivity contribution is 6.39. The number of nitrogens with zero attached hydrogens (tertiary/aromatic N) is 3. The number of aliphatic imine (C=N–C) groups is 1. The van der Waals surface area contributed by atoms with Crippen molar-refractivity contribution in [3.63, 3.8) is 0 Å². The third kappa shape index (κ3) is 5.72. The number of hydrogen-bond acceptors (Lipinski definition) is 4. The minimum Gasteiger partial charge on any atom is -0.444 e. The number of rotatable bonds is 3. The Hall–Kier alpha value is -1.49. The van der Waals surface area contributed by atoms with Crippen LogP contribution in [0.1, 0.15) is 27.2 Å². The Morgan fingerprint density at radius 2 is 1.82 bits per heavy atom. The Morgan fingerprint density at radius 3 is 2.36 bits per heavy atom. The number of ether oxygens (including phenoxy) is 1. The molecule has 5 nitrogen and oxygen atoms in total. The van der Waals surface area contributed by atoms with Gasteiger partial charge in [-0.3, -0.25) is 4.99 Å². The highest BCUT2D eigenvalue weighted by Gasteiger charge is 2.25. The van der Waals surface area contributed by atoms with Gasteiger partial charge in [-0.15, -0.1) is 0 Å². The van der Waals surface area contributed by atoms with Crippen LogP contribution in [-0.4, -0.2) is 60.9 Å². The van der Waals surface area contributed by atoms with Crippen LogP contribution in [0.2, 0.25) is 0 Å². The first-order chi connectivity index (χ1) is 10.3. The quantitative estimate of drug-likeness (QED) is 0.590. The van der Waals surface area contributed by atoms with Crippen LogP contribution in [-0.2, 0) is 4.74 Å². The van der Waals surface area contributed by atoms with Gasteiger partial charge < -0.3 is 14.5 Å². The third-order valence-corrected chi connectivity index (χ3v) is 3.46. The summed E-state index contributed by atoms with van der Waals surface area (Å²) < 4.78 is 5.43. The molecule has 1 rings (SSSR count). The Kier molecular flexibility index (Phi) is 6.94. The lowest BCUT2D eigenvalue weighted by molar-refractivity contribution is 0.0259. The Bertz CT molecular complexity index is 467. The minimum absolute atomic E-state index is 0.264. The summed E-state index contributed by atoms with van der Waals surface area (Å²) in [6.07, 6.45) is 3.92. The average molecular weight is 328 g/mol. The summed E-state index contributed by atoms with van der Waals surface area (Å²) in [4.78, 5) is 20.0. The van der Waals surface area contributed by atoms with Crippen LogP contribution in [0.5, 0.6) is 0 Å². The van der Waals surface area contributed by atoms with E-state index in [-0.39, 0.29) is 6.09 Å². The van der Waals surface area contributed by atoms with Crippen molar-refractivity contribution >= 4 is 23.9 Å². The van der Waals surface area contributed by atoms with E-state index in [1.807, 2.05) is 20.8 Å². The van der Waals surface area contributed by atoms with Crippen LogP contribution in [0.15, 0.2) is 28.4 Å². The zero-order valence-electron chi connectivity index (χ0n) is 13.9. The minimum atomic E-state index is -0.476. The Balaban J connectivity index is 2.75. The van der Waals surface area contributed by atoms with E-state index in [9.17, 15) is 4.79 Å². The maximum absolute atomic E-state index is 12.2. The van der Waals surface area contributed by atoms with Gasteiger partial charge in [0.05, 0.1) is 10.7 Å². The zero-order valence-corrected chi connectivity index (χ0v) is 14.7. The molecule has 1 aliphatic heterocycles. The zero-order chi connectivity index (χ0) is 16.8. The Morgan fingerprint density at radius 1 is 1.23 bits per heavy atom. The predicted molar refractivity (Wildman–Crippen MR) is 91.5 cm³/mol. The molecule has 0 unspecified atom stereocenters. The van der Waals surface area contributed by atoms with Crippen molar-refractivity contribution in [1.29, 1.82) is 0 Å². The van der Waals surface area contributed by atoms with E-state index in [1.54, 1.807) is 24.2 Å². The number of allylic oxidation sites excluding steroid dienone is 2. The van der Waals surface area contributed by atoms with Crippen LogP contribution in [0.3, 0.4) is 0 Å². The topological polar surface area (TPSA) is 45.1 Å². The fraction of sp³-hybridized carbons (Fsp3) is 0.625. The predicted octanol–water partition coefficient (Wildman–Crippen LogP) is 3.27. The van der Waals surface area contributed by atoms with Gasteiger partial charge in [0.15, 0.2) is 0 Å². The first-order valence-corrected chi connectivity index (χ1v) is 7.83. The molecule has 22 heavy (non-hydrogen) atoms. The van der Waals surface area contributed by atoms with Crippen molar-refractivity contribution < 1.29 is 9.53 Å². The van der Waals surface area contributed by atoms with Crippen LogP contribution in [0, 0.1) is 0 Å². The fourth-order valence-corrected chi connectivity index (χ4v) is 2.52. The lowest BCUT2D eigenvalue weighted by atomic mass is 10.2. The summed E-state index contributed by atoms with van der Waals surface area (Å²) in [5.41, 5.74) is 0.370. The van der Waals surface area contributed by atoms with E-state index in [4.69, 9.17) is 16.3 Å². The van der Waals surface area contributed by atoms with Crippen molar-refractivity contribution in [2.45, 2.75) is 32.8 Å². The van der Waals surface area contributed by atoms with Crippen molar-refractivity contribution in [3.8, 4) is 0 Å². The van der Waals surface area contributed by atoms with Gasteiger partial charge in [0.1, 0.15) is 5.60 Å².